The number of nitrogen functional groups attached to an aromatic ring is 1. The molecule has 1 heterocycles. The first-order chi connectivity index (χ1) is 9.22. The Kier molecular flexibility index (Phi) is 4.07. The molecule has 0 saturated carbocycles. The highest BCUT2D eigenvalue weighted by Gasteiger charge is 2.07. The van der Waals surface area contributed by atoms with E-state index in [2.05, 4.69) is 4.98 Å². The number of pyridine rings is 1. The maximum absolute atomic E-state index is 5.69. The molecule has 0 radical (unpaired) electrons. The van der Waals surface area contributed by atoms with Crippen molar-refractivity contribution < 1.29 is 14.2 Å². The second-order valence-electron chi connectivity index (χ2n) is 3.76. The molecule has 5 nitrogen and oxygen atoms in total. The fraction of sp³-hybridized carbons (Fsp3) is 0.214. The summed E-state index contributed by atoms with van der Waals surface area (Å²) in [7, 11) is 1.56. The van der Waals surface area contributed by atoms with E-state index in [-0.39, 0.29) is 0 Å². The van der Waals surface area contributed by atoms with E-state index < -0.39 is 0 Å². The molecule has 0 aliphatic rings. The van der Waals surface area contributed by atoms with Gasteiger partial charge in [0.05, 0.1) is 13.7 Å². The number of rotatable bonds is 5. The largest absolute Gasteiger partial charge is 0.493 e. The lowest BCUT2D eigenvalue weighted by Crippen LogP contribution is -1.97. The zero-order chi connectivity index (χ0) is 13.7. The second-order valence-corrected chi connectivity index (χ2v) is 3.76. The summed E-state index contributed by atoms with van der Waals surface area (Å²) >= 11 is 0. The molecule has 0 saturated heterocycles. The fourth-order valence-corrected chi connectivity index (χ4v) is 1.56. The van der Waals surface area contributed by atoms with Crippen LogP contribution in [0.4, 0.5) is 5.69 Å². The standard InChI is InChI=1S/C14H16N2O3/c1-3-18-13-5-4-6-14(16-13)19-11-8-7-10(15)9-12(11)17-2/h4-9H,3,15H2,1-2H3. The third-order valence-corrected chi connectivity index (χ3v) is 2.39. The molecule has 100 valence electrons. The van der Waals surface area contributed by atoms with Crippen molar-refractivity contribution in [1.29, 1.82) is 0 Å². The Morgan fingerprint density at radius 3 is 2.63 bits per heavy atom. The predicted octanol–water partition coefficient (Wildman–Crippen LogP) is 2.86. The third kappa shape index (κ3) is 3.28. The van der Waals surface area contributed by atoms with Crippen molar-refractivity contribution in [3.05, 3.63) is 36.4 Å². The van der Waals surface area contributed by atoms with E-state index in [0.29, 0.717) is 35.6 Å². The van der Waals surface area contributed by atoms with Crippen LogP contribution in [0.25, 0.3) is 0 Å². The van der Waals surface area contributed by atoms with Gasteiger partial charge in [-0.1, -0.05) is 6.07 Å². The Morgan fingerprint density at radius 1 is 1.11 bits per heavy atom. The molecule has 1 aromatic carbocycles. The van der Waals surface area contributed by atoms with Gasteiger partial charge in [0.1, 0.15) is 0 Å². The van der Waals surface area contributed by atoms with Crippen LogP contribution in [-0.2, 0) is 0 Å². The molecule has 0 unspecified atom stereocenters. The smallest absolute Gasteiger partial charge is 0.222 e. The molecule has 0 aliphatic heterocycles. The van der Waals surface area contributed by atoms with Crippen LogP contribution in [0.1, 0.15) is 6.92 Å². The Labute approximate surface area is 111 Å². The third-order valence-electron chi connectivity index (χ3n) is 2.39. The quantitative estimate of drug-likeness (QED) is 0.837. The minimum atomic E-state index is 0.439. The highest BCUT2D eigenvalue weighted by Crippen LogP contribution is 2.32. The van der Waals surface area contributed by atoms with Crippen LogP contribution < -0.4 is 19.9 Å². The zero-order valence-electron chi connectivity index (χ0n) is 10.9. The Balaban J connectivity index is 2.23. The topological polar surface area (TPSA) is 66.6 Å². The number of nitrogens with zero attached hydrogens (tertiary/aromatic N) is 1. The van der Waals surface area contributed by atoms with Crippen molar-refractivity contribution in [3.8, 4) is 23.3 Å². The summed E-state index contributed by atoms with van der Waals surface area (Å²) in [5, 5.41) is 0. The molecular weight excluding hydrogens is 244 g/mol. The van der Waals surface area contributed by atoms with Crippen LogP contribution in [-0.4, -0.2) is 18.7 Å². The van der Waals surface area contributed by atoms with Crippen LogP contribution >= 0.6 is 0 Å². The number of anilines is 1. The van der Waals surface area contributed by atoms with Crippen LogP contribution in [0.5, 0.6) is 23.3 Å². The number of hydrogen-bond acceptors (Lipinski definition) is 5. The molecule has 0 fully saturated rings. The van der Waals surface area contributed by atoms with Crippen LogP contribution in [0.2, 0.25) is 0 Å². The van der Waals surface area contributed by atoms with E-state index >= 15 is 0 Å². The SMILES string of the molecule is CCOc1cccc(Oc2ccc(N)cc2OC)n1. The van der Waals surface area contributed by atoms with E-state index in [1.54, 1.807) is 37.4 Å². The summed E-state index contributed by atoms with van der Waals surface area (Å²) < 4.78 is 16.2. The first-order valence-corrected chi connectivity index (χ1v) is 5.94. The monoisotopic (exact) mass is 260 g/mol. The van der Waals surface area contributed by atoms with E-state index in [1.807, 2.05) is 13.0 Å². The summed E-state index contributed by atoms with van der Waals surface area (Å²) in [5.74, 6) is 2.07. The number of methoxy groups -OCH3 is 1. The van der Waals surface area contributed by atoms with Crippen molar-refractivity contribution in [2.75, 3.05) is 19.5 Å². The summed E-state index contributed by atoms with van der Waals surface area (Å²) in [5.41, 5.74) is 6.30. The van der Waals surface area contributed by atoms with Gasteiger partial charge < -0.3 is 19.9 Å². The lowest BCUT2D eigenvalue weighted by Gasteiger charge is -2.10. The fourth-order valence-electron chi connectivity index (χ4n) is 1.56. The number of nitrogens with two attached hydrogens (primary N) is 1. The van der Waals surface area contributed by atoms with Crippen molar-refractivity contribution in [2.24, 2.45) is 0 Å². The predicted molar refractivity (Wildman–Crippen MR) is 72.9 cm³/mol. The van der Waals surface area contributed by atoms with Gasteiger partial charge >= 0.3 is 0 Å². The molecule has 0 spiro atoms. The molecule has 5 heteroatoms. The molecule has 2 rings (SSSR count). The molecular formula is C14H16N2O3. The van der Waals surface area contributed by atoms with E-state index in [0.717, 1.165) is 0 Å². The van der Waals surface area contributed by atoms with Crippen molar-refractivity contribution >= 4 is 5.69 Å². The number of benzene rings is 1. The van der Waals surface area contributed by atoms with E-state index in [1.165, 1.54) is 0 Å². The lowest BCUT2D eigenvalue weighted by atomic mass is 10.3. The summed E-state index contributed by atoms with van der Waals surface area (Å²) in [6, 6.07) is 10.5. The number of aromatic nitrogens is 1. The van der Waals surface area contributed by atoms with Gasteiger partial charge in [-0.2, -0.15) is 4.98 Å². The molecule has 0 amide bonds. The molecule has 0 bridgehead atoms. The second kappa shape index (κ2) is 5.95. The van der Waals surface area contributed by atoms with Crippen molar-refractivity contribution in [1.82, 2.24) is 4.98 Å². The zero-order valence-corrected chi connectivity index (χ0v) is 10.9. The minimum Gasteiger partial charge on any atom is -0.493 e. The van der Waals surface area contributed by atoms with Crippen LogP contribution in [0.15, 0.2) is 36.4 Å². The van der Waals surface area contributed by atoms with Gasteiger partial charge in [-0.25, -0.2) is 0 Å². The van der Waals surface area contributed by atoms with Gasteiger partial charge in [0.25, 0.3) is 0 Å². The summed E-state index contributed by atoms with van der Waals surface area (Å²) in [4.78, 5) is 4.22. The number of hydrogen-bond donors (Lipinski definition) is 1. The van der Waals surface area contributed by atoms with Crippen LogP contribution in [0.3, 0.4) is 0 Å². The average Bonchev–Trinajstić information content (AvgIpc) is 2.41. The normalized spacial score (nSPS) is 10.0. The Bertz CT molecular complexity index is 558. The maximum atomic E-state index is 5.69. The van der Waals surface area contributed by atoms with E-state index in [9.17, 15) is 0 Å². The molecule has 1 aromatic heterocycles. The summed E-state index contributed by atoms with van der Waals surface area (Å²) in [6.07, 6.45) is 0. The average molecular weight is 260 g/mol. The molecule has 2 aromatic rings. The van der Waals surface area contributed by atoms with Gasteiger partial charge in [-0.15, -0.1) is 0 Å². The lowest BCUT2D eigenvalue weighted by molar-refractivity contribution is 0.319. The molecule has 2 N–H and O–H groups in total. The summed E-state index contributed by atoms with van der Waals surface area (Å²) in [6.45, 7) is 2.46. The highest BCUT2D eigenvalue weighted by atomic mass is 16.5. The van der Waals surface area contributed by atoms with Gasteiger partial charge in [-0.05, 0) is 19.1 Å². The van der Waals surface area contributed by atoms with Crippen molar-refractivity contribution in [3.63, 3.8) is 0 Å². The van der Waals surface area contributed by atoms with E-state index in [4.69, 9.17) is 19.9 Å². The van der Waals surface area contributed by atoms with Gasteiger partial charge in [-0.3, -0.25) is 0 Å². The first kappa shape index (κ1) is 13.0. The minimum absolute atomic E-state index is 0.439. The van der Waals surface area contributed by atoms with Gasteiger partial charge in [0.2, 0.25) is 11.8 Å². The molecule has 19 heavy (non-hydrogen) atoms. The van der Waals surface area contributed by atoms with Gasteiger partial charge in [0.15, 0.2) is 11.5 Å². The highest BCUT2D eigenvalue weighted by molar-refractivity contribution is 5.52. The molecule has 0 aliphatic carbocycles. The van der Waals surface area contributed by atoms with Gasteiger partial charge in [0, 0.05) is 23.9 Å². The number of ether oxygens (including phenoxy) is 3. The Hall–Kier alpha value is -2.43. The first-order valence-electron chi connectivity index (χ1n) is 5.94. The maximum Gasteiger partial charge on any atom is 0.222 e. The van der Waals surface area contributed by atoms with Crippen LogP contribution in [0, 0.1) is 0 Å². The Morgan fingerprint density at radius 2 is 1.89 bits per heavy atom. The van der Waals surface area contributed by atoms with Crippen molar-refractivity contribution in [2.45, 2.75) is 6.92 Å². The molecule has 0 atom stereocenters.